The molecule has 0 bridgehead atoms. The third-order valence-corrected chi connectivity index (χ3v) is 4.04. The summed E-state index contributed by atoms with van der Waals surface area (Å²) >= 11 is 0. The van der Waals surface area contributed by atoms with Gasteiger partial charge in [-0.25, -0.2) is 9.97 Å². The van der Waals surface area contributed by atoms with Crippen LogP contribution in [0.4, 0.5) is 0 Å². The van der Waals surface area contributed by atoms with E-state index in [2.05, 4.69) is 27.1 Å². The average molecular weight is 332 g/mol. The number of aryl methyl sites for hydroxylation is 1. The molecule has 126 valence electrons. The number of nitrogens with zero attached hydrogens (tertiary/aromatic N) is 4. The Kier molecular flexibility index (Phi) is 5.46. The fourth-order valence-corrected chi connectivity index (χ4v) is 2.64. The number of carbonyl (C=O) groups is 1. The molecule has 1 aromatic carbocycles. The summed E-state index contributed by atoms with van der Waals surface area (Å²) in [5, 5.41) is 0. The molecule has 0 unspecified atom stereocenters. The minimum atomic E-state index is -0.0575. The fraction of sp³-hybridized carbons (Fsp3) is 0.200. The zero-order chi connectivity index (χ0) is 17.5. The van der Waals surface area contributed by atoms with Gasteiger partial charge in [-0.1, -0.05) is 36.4 Å². The normalized spacial score (nSPS) is 10.4. The summed E-state index contributed by atoms with van der Waals surface area (Å²) < 4.78 is 0. The van der Waals surface area contributed by atoms with Crippen LogP contribution >= 0.6 is 0 Å². The summed E-state index contributed by atoms with van der Waals surface area (Å²) in [4.78, 5) is 27.1. The molecule has 0 atom stereocenters. The SMILES string of the molecule is Cc1ncncc1C(=O)N(CCc1ccccc1)Cc1cccnc1. The van der Waals surface area contributed by atoms with Gasteiger partial charge < -0.3 is 4.90 Å². The molecule has 0 N–H and O–H groups in total. The van der Waals surface area contributed by atoms with Crippen LogP contribution in [0, 0.1) is 6.92 Å². The summed E-state index contributed by atoms with van der Waals surface area (Å²) in [6.45, 7) is 2.95. The molecular formula is C20H20N4O. The largest absolute Gasteiger partial charge is 0.334 e. The molecule has 0 aliphatic rings. The van der Waals surface area contributed by atoms with Crippen LogP contribution in [0.1, 0.15) is 27.2 Å². The fourth-order valence-electron chi connectivity index (χ4n) is 2.64. The number of carbonyl (C=O) groups excluding carboxylic acids is 1. The van der Waals surface area contributed by atoms with Crippen LogP contribution in [0.3, 0.4) is 0 Å². The molecule has 0 aliphatic heterocycles. The van der Waals surface area contributed by atoms with E-state index >= 15 is 0 Å². The van der Waals surface area contributed by atoms with Gasteiger partial charge in [0.2, 0.25) is 0 Å². The Morgan fingerprint density at radius 2 is 1.80 bits per heavy atom. The van der Waals surface area contributed by atoms with Gasteiger partial charge in [-0.3, -0.25) is 9.78 Å². The van der Waals surface area contributed by atoms with Crippen LogP contribution in [-0.4, -0.2) is 32.3 Å². The van der Waals surface area contributed by atoms with E-state index in [-0.39, 0.29) is 5.91 Å². The first-order valence-electron chi connectivity index (χ1n) is 8.23. The first-order valence-corrected chi connectivity index (χ1v) is 8.23. The van der Waals surface area contributed by atoms with Gasteiger partial charge in [0, 0.05) is 31.7 Å². The molecule has 2 aromatic heterocycles. The monoisotopic (exact) mass is 332 g/mol. The van der Waals surface area contributed by atoms with Gasteiger partial charge in [-0.15, -0.1) is 0 Å². The van der Waals surface area contributed by atoms with E-state index in [1.54, 1.807) is 18.6 Å². The zero-order valence-corrected chi connectivity index (χ0v) is 14.2. The van der Waals surface area contributed by atoms with E-state index in [1.807, 2.05) is 42.2 Å². The van der Waals surface area contributed by atoms with Crippen molar-refractivity contribution >= 4 is 5.91 Å². The van der Waals surface area contributed by atoms with Crippen molar-refractivity contribution in [1.29, 1.82) is 0 Å². The highest BCUT2D eigenvalue weighted by Crippen LogP contribution is 2.12. The second kappa shape index (κ2) is 8.15. The molecule has 0 saturated heterocycles. The highest BCUT2D eigenvalue weighted by molar-refractivity contribution is 5.94. The number of pyridine rings is 1. The van der Waals surface area contributed by atoms with Gasteiger partial charge in [0.15, 0.2) is 0 Å². The minimum Gasteiger partial charge on any atom is -0.334 e. The number of amides is 1. The quantitative estimate of drug-likeness (QED) is 0.696. The minimum absolute atomic E-state index is 0.0575. The Hall–Kier alpha value is -3.08. The molecule has 3 rings (SSSR count). The number of hydrogen-bond donors (Lipinski definition) is 0. The second-order valence-electron chi connectivity index (χ2n) is 5.85. The Morgan fingerprint density at radius 1 is 1.00 bits per heavy atom. The molecule has 1 amide bonds. The van der Waals surface area contributed by atoms with Gasteiger partial charge in [0.1, 0.15) is 6.33 Å². The first-order chi connectivity index (χ1) is 12.2. The lowest BCUT2D eigenvalue weighted by molar-refractivity contribution is 0.0743. The summed E-state index contributed by atoms with van der Waals surface area (Å²) in [6, 6.07) is 14.0. The Bertz CT molecular complexity index is 821. The van der Waals surface area contributed by atoms with E-state index in [0.29, 0.717) is 24.3 Å². The van der Waals surface area contributed by atoms with Crippen LogP contribution in [-0.2, 0) is 13.0 Å². The Morgan fingerprint density at radius 3 is 2.52 bits per heavy atom. The van der Waals surface area contributed by atoms with Crippen molar-refractivity contribution in [3.05, 3.63) is 89.8 Å². The van der Waals surface area contributed by atoms with E-state index in [4.69, 9.17) is 0 Å². The van der Waals surface area contributed by atoms with Gasteiger partial charge >= 0.3 is 0 Å². The third-order valence-electron chi connectivity index (χ3n) is 4.04. The lowest BCUT2D eigenvalue weighted by Crippen LogP contribution is -2.33. The van der Waals surface area contributed by atoms with E-state index in [9.17, 15) is 4.79 Å². The summed E-state index contributed by atoms with van der Waals surface area (Å²) in [5.41, 5.74) is 3.43. The molecule has 0 saturated carbocycles. The smallest absolute Gasteiger partial charge is 0.257 e. The number of benzene rings is 1. The molecule has 0 radical (unpaired) electrons. The lowest BCUT2D eigenvalue weighted by Gasteiger charge is -2.23. The number of aromatic nitrogens is 3. The highest BCUT2D eigenvalue weighted by atomic mass is 16.2. The highest BCUT2D eigenvalue weighted by Gasteiger charge is 2.19. The van der Waals surface area contributed by atoms with Gasteiger partial charge in [0.05, 0.1) is 11.3 Å². The molecule has 0 aliphatic carbocycles. The summed E-state index contributed by atoms with van der Waals surface area (Å²) in [5.74, 6) is -0.0575. The summed E-state index contributed by atoms with van der Waals surface area (Å²) in [6.07, 6.45) is 7.36. The second-order valence-corrected chi connectivity index (χ2v) is 5.85. The van der Waals surface area contributed by atoms with Crippen molar-refractivity contribution < 1.29 is 4.79 Å². The topological polar surface area (TPSA) is 59.0 Å². The average Bonchev–Trinajstić information content (AvgIpc) is 2.66. The molecular weight excluding hydrogens is 312 g/mol. The van der Waals surface area contributed by atoms with Gasteiger partial charge in [0.25, 0.3) is 5.91 Å². The molecule has 25 heavy (non-hydrogen) atoms. The first kappa shape index (κ1) is 16.8. The predicted octanol–water partition coefficient (Wildman–Crippen LogP) is 3.07. The van der Waals surface area contributed by atoms with Gasteiger partial charge in [-0.2, -0.15) is 0 Å². The summed E-state index contributed by atoms with van der Waals surface area (Å²) in [7, 11) is 0. The van der Waals surface area contributed by atoms with Crippen LogP contribution in [0.15, 0.2) is 67.4 Å². The van der Waals surface area contributed by atoms with Gasteiger partial charge in [-0.05, 0) is 30.5 Å². The number of hydrogen-bond acceptors (Lipinski definition) is 4. The van der Waals surface area contributed by atoms with Crippen LogP contribution in [0.2, 0.25) is 0 Å². The lowest BCUT2D eigenvalue weighted by atomic mass is 10.1. The standard InChI is InChI=1S/C20H20N4O/c1-16-19(13-22-15-23-16)20(25)24(14-18-8-5-10-21-12-18)11-9-17-6-3-2-4-7-17/h2-8,10,12-13,15H,9,11,14H2,1H3. The van der Waals surface area contributed by atoms with E-state index in [0.717, 1.165) is 12.0 Å². The molecule has 2 heterocycles. The third kappa shape index (κ3) is 4.47. The Balaban J connectivity index is 1.80. The van der Waals surface area contributed by atoms with Crippen molar-refractivity contribution in [3.63, 3.8) is 0 Å². The van der Waals surface area contributed by atoms with Crippen molar-refractivity contribution in [1.82, 2.24) is 19.9 Å². The van der Waals surface area contributed by atoms with Crippen LogP contribution in [0.5, 0.6) is 0 Å². The Labute approximate surface area is 147 Å². The predicted molar refractivity (Wildman–Crippen MR) is 95.9 cm³/mol. The molecule has 0 fully saturated rings. The maximum absolute atomic E-state index is 13.0. The molecule has 5 heteroatoms. The molecule has 0 spiro atoms. The number of rotatable bonds is 6. The zero-order valence-electron chi connectivity index (χ0n) is 14.2. The van der Waals surface area contributed by atoms with Crippen LogP contribution in [0.25, 0.3) is 0 Å². The maximum Gasteiger partial charge on any atom is 0.257 e. The molecule has 3 aromatic rings. The van der Waals surface area contributed by atoms with Crippen molar-refractivity contribution in [3.8, 4) is 0 Å². The maximum atomic E-state index is 13.0. The molecule has 5 nitrogen and oxygen atoms in total. The van der Waals surface area contributed by atoms with E-state index in [1.165, 1.54) is 11.9 Å². The van der Waals surface area contributed by atoms with Crippen LogP contribution < -0.4 is 0 Å². The van der Waals surface area contributed by atoms with E-state index < -0.39 is 0 Å². The van der Waals surface area contributed by atoms with Crippen molar-refractivity contribution in [2.75, 3.05) is 6.54 Å². The van der Waals surface area contributed by atoms with Crippen molar-refractivity contribution in [2.45, 2.75) is 19.9 Å². The van der Waals surface area contributed by atoms with Crippen molar-refractivity contribution in [2.24, 2.45) is 0 Å².